The number of amides is 1. The number of carbonyl (C=O) groups excluding carboxylic acids is 1. The molecule has 0 saturated heterocycles. The van der Waals surface area contributed by atoms with Crippen molar-refractivity contribution in [3.8, 4) is 22.8 Å². The number of H-pyrrole nitrogens is 1. The molecule has 1 amide bonds. The average Bonchev–Trinajstić information content (AvgIpc) is 3.26. The minimum atomic E-state index is -0.147. The third-order valence-corrected chi connectivity index (χ3v) is 4.79. The second-order valence-electron chi connectivity index (χ2n) is 7.21. The van der Waals surface area contributed by atoms with Gasteiger partial charge in [-0.15, -0.1) is 0 Å². The molecule has 0 aliphatic heterocycles. The molecule has 0 fully saturated rings. The van der Waals surface area contributed by atoms with E-state index in [1.807, 2.05) is 57.2 Å². The maximum absolute atomic E-state index is 12.2. The van der Waals surface area contributed by atoms with Crippen LogP contribution in [0.2, 0.25) is 0 Å². The number of rotatable bonds is 4. The number of anilines is 1. The first-order valence-corrected chi connectivity index (χ1v) is 9.31. The number of imidazole rings is 1. The highest BCUT2D eigenvalue weighted by molar-refractivity contribution is 5.90. The molecule has 8 nitrogen and oxygen atoms in total. The highest BCUT2D eigenvalue weighted by Gasteiger charge is 2.16. The fourth-order valence-corrected chi connectivity index (χ4v) is 3.43. The first-order valence-electron chi connectivity index (χ1n) is 9.31. The minimum Gasteiger partial charge on any atom is -0.334 e. The highest BCUT2D eigenvalue weighted by atomic mass is 16.5. The third kappa shape index (κ3) is 3.33. The Balaban J connectivity index is 1.73. The van der Waals surface area contributed by atoms with Crippen molar-refractivity contribution in [3.05, 3.63) is 52.4 Å². The van der Waals surface area contributed by atoms with Gasteiger partial charge < -0.3 is 14.8 Å². The summed E-state index contributed by atoms with van der Waals surface area (Å²) in [4.78, 5) is 31.0. The van der Waals surface area contributed by atoms with Gasteiger partial charge in [-0.2, -0.15) is 4.98 Å². The molecule has 0 unspecified atom stereocenters. The summed E-state index contributed by atoms with van der Waals surface area (Å²) in [5.74, 6) is 0.634. The van der Waals surface area contributed by atoms with Gasteiger partial charge in [-0.05, 0) is 56.7 Å². The Morgan fingerprint density at radius 1 is 1.24 bits per heavy atom. The van der Waals surface area contributed by atoms with Crippen molar-refractivity contribution in [2.24, 2.45) is 0 Å². The zero-order valence-corrected chi connectivity index (χ0v) is 16.6. The van der Waals surface area contributed by atoms with Crippen molar-refractivity contribution in [2.45, 2.75) is 33.7 Å². The molecule has 0 aliphatic carbocycles. The molecule has 0 spiro atoms. The fourth-order valence-electron chi connectivity index (χ4n) is 3.43. The Labute approximate surface area is 166 Å². The average molecular weight is 391 g/mol. The molecule has 0 radical (unpaired) electrons. The molecule has 148 valence electrons. The predicted octanol–water partition coefficient (Wildman–Crippen LogP) is 3.89. The van der Waals surface area contributed by atoms with Gasteiger partial charge in [-0.3, -0.25) is 9.36 Å². The van der Waals surface area contributed by atoms with Gasteiger partial charge in [-0.25, -0.2) is 4.79 Å². The molecule has 0 saturated carbocycles. The fraction of sp³-hybridized carbons (Fsp3) is 0.238. The quantitative estimate of drug-likeness (QED) is 0.549. The van der Waals surface area contributed by atoms with E-state index in [9.17, 15) is 9.59 Å². The standard InChI is InChI=1S/C21H21N5O3/c1-11(2)26-18-9-8-14(10-17(18)23-21(26)28)19-24-20(29-25-19)15-6-5-7-16(12(15)3)22-13(4)27/h5-11H,1-4H3,(H,22,27)(H,23,28). The molecule has 29 heavy (non-hydrogen) atoms. The number of nitrogens with zero attached hydrogens (tertiary/aromatic N) is 3. The first-order chi connectivity index (χ1) is 13.8. The van der Waals surface area contributed by atoms with Crippen LogP contribution in [0.5, 0.6) is 0 Å². The van der Waals surface area contributed by atoms with Crippen LogP contribution in [0.1, 0.15) is 32.4 Å². The van der Waals surface area contributed by atoms with Crippen LogP contribution in [0, 0.1) is 6.92 Å². The van der Waals surface area contributed by atoms with Gasteiger partial charge in [0.15, 0.2) is 0 Å². The number of aromatic nitrogens is 4. The molecule has 2 aromatic heterocycles. The van der Waals surface area contributed by atoms with Crippen LogP contribution < -0.4 is 11.0 Å². The van der Waals surface area contributed by atoms with Gasteiger partial charge in [-0.1, -0.05) is 11.2 Å². The number of hydrogen-bond acceptors (Lipinski definition) is 5. The summed E-state index contributed by atoms with van der Waals surface area (Å²) in [6, 6.07) is 11.1. The molecular weight excluding hydrogens is 370 g/mol. The lowest BCUT2D eigenvalue weighted by Crippen LogP contribution is -2.18. The van der Waals surface area contributed by atoms with E-state index in [1.54, 1.807) is 4.57 Å². The van der Waals surface area contributed by atoms with Crippen molar-refractivity contribution in [2.75, 3.05) is 5.32 Å². The second-order valence-corrected chi connectivity index (χ2v) is 7.21. The molecule has 0 atom stereocenters. The number of fused-ring (bicyclic) bond motifs is 1. The maximum Gasteiger partial charge on any atom is 0.326 e. The maximum atomic E-state index is 12.2. The van der Waals surface area contributed by atoms with Crippen molar-refractivity contribution >= 4 is 22.6 Å². The van der Waals surface area contributed by atoms with E-state index in [4.69, 9.17) is 4.52 Å². The Morgan fingerprint density at radius 2 is 2.03 bits per heavy atom. The van der Waals surface area contributed by atoms with Crippen LogP contribution in [-0.4, -0.2) is 25.6 Å². The Kier molecular flexibility index (Phi) is 4.54. The second kappa shape index (κ2) is 7.05. The molecule has 0 aliphatic rings. The zero-order valence-electron chi connectivity index (χ0n) is 16.6. The van der Waals surface area contributed by atoms with E-state index in [0.717, 1.165) is 27.7 Å². The summed E-state index contributed by atoms with van der Waals surface area (Å²) >= 11 is 0. The molecule has 2 N–H and O–H groups in total. The van der Waals surface area contributed by atoms with Crippen molar-refractivity contribution in [1.29, 1.82) is 0 Å². The van der Waals surface area contributed by atoms with Crippen molar-refractivity contribution in [1.82, 2.24) is 19.7 Å². The van der Waals surface area contributed by atoms with E-state index in [1.165, 1.54) is 6.92 Å². The summed E-state index contributed by atoms with van der Waals surface area (Å²) < 4.78 is 7.18. The third-order valence-electron chi connectivity index (χ3n) is 4.79. The van der Waals surface area contributed by atoms with Gasteiger partial charge in [0.2, 0.25) is 11.7 Å². The van der Waals surface area contributed by atoms with Gasteiger partial charge in [0.1, 0.15) is 0 Å². The topological polar surface area (TPSA) is 106 Å². The van der Waals surface area contributed by atoms with E-state index in [0.29, 0.717) is 17.4 Å². The van der Waals surface area contributed by atoms with Crippen LogP contribution in [0.4, 0.5) is 5.69 Å². The summed E-state index contributed by atoms with van der Waals surface area (Å²) in [6.07, 6.45) is 0. The number of aromatic amines is 1. The normalized spacial score (nSPS) is 11.3. The lowest BCUT2D eigenvalue weighted by molar-refractivity contribution is -0.114. The van der Waals surface area contributed by atoms with Crippen LogP contribution in [0.15, 0.2) is 45.7 Å². The van der Waals surface area contributed by atoms with Crippen molar-refractivity contribution in [3.63, 3.8) is 0 Å². The predicted molar refractivity (Wildman–Crippen MR) is 111 cm³/mol. The summed E-state index contributed by atoms with van der Waals surface area (Å²) in [7, 11) is 0. The highest BCUT2D eigenvalue weighted by Crippen LogP contribution is 2.30. The van der Waals surface area contributed by atoms with Gasteiger partial charge in [0.05, 0.1) is 11.0 Å². The SMILES string of the molecule is CC(=O)Nc1cccc(-c2nc(-c3ccc4c(c3)[nH]c(=O)n4C(C)C)no2)c1C. The van der Waals surface area contributed by atoms with Gasteiger partial charge in [0.25, 0.3) is 5.89 Å². The van der Waals surface area contributed by atoms with E-state index >= 15 is 0 Å². The van der Waals surface area contributed by atoms with E-state index in [-0.39, 0.29) is 17.6 Å². The summed E-state index contributed by atoms with van der Waals surface area (Å²) in [6.45, 7) is 7.27. The van der Waals surface area contributed by atoms with E-state index in [2.05, 4.69) is 20.4 Å². The van der Waals surface area contributed by atoms with Crippen LogP contribution >= 0.6 is 0 Å². The molecular formula is C21H21N5O3. The number of nitrogens with one attached hydrogen (secondary N) is 2. The molecule has 8 heteroatoms. The van der Waals surface area contributed by atoms with Crippen LogP contribution in [-0.2, 0) is 4.79 Å². The summed E-state index contributed by atoms with van der Waals surface area (Å²) in [5, 5.41) is 6.89. The van der Waals surface area contributed by atoms with Gasteiger partial charge >= 0.3 is 5.69 Å². The van der Waals surface area contributed by atoms with Crippen molar-refractivity contribution < 1.29 is 9.32 Å². The zero-order chi connectivity index (χ0) is 20.7. The molecule has 4 rings (SSSR count). The van der Waals surface area contributed by atoms with E-state index < -0.39 is 0 Å². The molecule has 0 bridgehead atoms. The lowest BCUT2D eigenvalue weighted by Gasteiger charge is -2.08. The number of carbonyl (C=O) groups is 1. The monoisotopic (exact) mass is 391 g/mol. The smallest absolute Gasteiger partial charge is 0.326 e. The molecule has 4 aromatic rings. The Morgan fingerprint density at radius 3 is 2.76 bits per heavy atom. The largest absolute Gasteiger partial charge is 0.334 e. The van der Waals surface area contributed by atoms with Gasteiger partial charge in [0, 0.05) is 29.8 Å². The molecule has 2 heterocycles. The van der Waals surface area contributed by atoms with Crippen LogP contribution in [0.3, 0.4) is 0 Å². The molecule has 2 aromatic carbocycles. The number of hydrogen-bond donors (Lipinski definition) is 2. The Bertz CT molecular complexity index is 1280. The minimum absolute atomic E-state index is 0.0535. The first kappa shape index (κ1) is 18.7. The lowest BCUT2D eigenvalue weighted by atomic mass is 10.1. The number of benzene rings is 2. The Hall–Kier alpha value is -3.68. The van der Waals surface area contributed by atoms with Crippen LogP contribution in [0.25, 0.3) is 33.9 Å². The summed E-state index contributed by atoms with van der Waals surface area (Å²) in [5.41, 5.74) is 4.42.